The standard InChI is InChI=1S/C15H16BrNO4S/c1-10-4-6-13(15(8-10)21-3)17-22(18,19)11-5-7-14(20-2)12(16)9-11/h4-9,17H,1-3H3. The molecular weight excluding hydrogens is 370 g/mol. The monoisotopic (exact) mass is 385 g/mol. The number of benzene rings is 2. The van der Waals surface area contributed by atoms with E-state index in [-0.39, 0.29) is 4.90 Å². The van der Waals surface area contributed by atoms with Crippen molar-refractivity contribution in [3.05, 3.63) is 46.4 Å². The molecule has 7 heteroatoms. The van der Waals surface area contributed by atoms with E-state index in [2.05, 4.69) is 20.7 Å². The maximum atomic E-state index is 12.5. The van der Waals surface area contributed by atoms with Gasteiger partial charge in [-0.15, -0.1) is 0 Å². The van der Waals surface area contributed by atoms with E-state index in [0.29, 0.717) is 21.7 Å². The normalized spacial score (nSPS) is 11.1. The summed E-state index contributed by atoms with van der Waals surface area (Å²) in [4.78, 5) is 0.128. The first-order valence-corrected chi connectivity index (χ1v) is 8.66. The number of anilines is 1. The molecule has 2 aromatic rings. The highest BCUT2D eigenvalue weighted by Crippen LogP contribution is 2.31. The van der Waals surface area contributed by atoms with Gasteiger partial charge in [0.2, 0.25) is 0 Å². The number of hydrogen-bond acceptors (Lipinski definition) is 4. The Kier molecular flexibility index (Phi) is 4.97. The second-order valence-corrected chi connectivity index (χ2v) is 7.14. The molecule has 0 fully saturated rings. The lowest BCUT2D eigenvalue weighted by atomic mass is 10.2. The molecule has 0 radical (unpaired) electrons. The summed E-state index contributed by atoms with van der Waals surface area (Å²) in [5.41, 5.74) is 1.37. The van der Waals surface area contributed by atoms with Gasteiger partial charge in [-0.25, -0.2) is 8.42 Å². The van der Waals surface area contributed by atoms with Crippen molar-refractivity contribution in [2.24, 2.45) is 0 Å². The van der Waals surface area contributed by atoms with Gasteiger partial charge in [0, 0.05) is 0 Å². The van der Waals surface area contributed by atoms with Crippen molar-refractivity contribution < 1.29 is 17.9 Å². The molecule has 118 valence electrons. The number of sulfonamides is 1. The van der Waals surface area contributed by atoms with Crippen molar-refractivity contribution in [2.75, 3.05) is 18.9 Å². The van der Waals surface area contributed by atoms with Gasteiger partial charge in [0.1, 0.15) is 11.5 Å². The Balaban J connectivity index is 2.38. The smallest absolute Gasteiger partial charge is 0.262 e. The first kappa shape index (κ1) is 16.6. The van der Waals surface area contributed by atoms with Gasteiger partial charge in [0.05, 0.1) is 29.3 Å². The van der Waals surface area contributed by atoms with E-state index >= 15 is 0 Å². The molecular formula is C15H16BrNO4S. The predicted octanol–water partition coefficient (Wildman–Crippen LogP) is 3.58. The van der Waals surface area contributed by atoms with Crippen molar-refractivity contribution in [3.63, 3.8) is 0 Å². The zero-order valence-electron chi connectivity index (χ0n) is 12.4. The number of methoxy groups -OCH3 is 2. The zero-order valence-corrected chi connectivity index (χ0v) is 14.8. The number of ether oxygens (including phenoxy) is 2. The Morgan fingerprint density at radius 1 is 1.00 bits per heavy atom. The van der Waals surface area contributed by atoms with E-state index in [4.69, 9.17) is 9.47 Å². The van der Waals surface area contributed by atoms with Crippen LogP contribution in [0.4, 0.5) is 5.69 Å². The van der Waals surface area contributed by atoms with Crippen LogP contribution in [-0.2, 0) is 10.0 Å². The van der Waals surface area contributed by atoms with Crippen molar-refractivity contribution in [2.45, 2.75) is 11.8 Å². The van der Waals surface area contributed by atoms with Crippen molar-refractivity contribution in [1.29, 1.82) is 0 Å². The van der Waals surface area contributed by atoms with E-state index in [9.17, 15) is 8.42 Å². The largest absolute Gasteiger partial charge is 0.496 e. The Morgan fingerprint density at radius 2 is 1.68 bits per heavy atom. The minimum absolute atomic E-state index is 0.128. The van der Waals surface area contributed by atoms with Crippen LogP contribution in [0.15, 0.2) is 45.8 Å². The van der Waals surface area contributed by atoms with Crippen LogP contribution in [0.25, 0.3) is 0 Å². The van der Waals surface area contributed by atoms with Gasteiger partial charge >= 0.3 is 0 Å². The topological polar surface area (TPSA) is 64.6 Å². The predicted molar refractivity (Wildman–Crippen MR) is 89.2 cm³/mol. The maximum absolute atomic E-state index is 12.5. The van der Waals surface area contributed by atoms with Crippen LogP contribution < -0.4 is 14.2 Å². The van der Waals surface area contributed by atoms with Crippen LogP contribution in [0.5, 0.6) is 11.5 Å². The third kappa shape index (κ3) is 3.53. The molecule has 0 heterocycles. The van der Waals surface area contributed by atoms with Gasteiger partial charge in [0.25, 0.3) is 10.0 Å². The highest BCUT2D eigenvalue weighted by Gasteiger charge is 2.18. The van der Waals surface area contributed by atoms with E-state index in [1.165, 1.54) is 26.4 Å². The lowest BCUT2D eigenvalue weighted by molar-refractivity contribution is 0.411. The highest BCUT2D eigenvalue weighted by atomic mass is 79.9. The molecule has 0 saturated heterocycles. The maximum Gasteiger partial charge on any atom is 0.262 e. The first-order valence-electron chi connectivity index (χ1n) is 6.38. The first-order chi connectivity index (χ1) is 10.4. The Hall–Kier alpha value is -1.73. The summed E-state index contributed by atoms with van der Waals surface area (Å²) < 4.78 is 38.4. The van der Waals surface area contributed by atoms with Gasteiger partial charge in [-0.05, 0) is 58.7 Å². The van der Waals surface area contributed by atoms with Gasteiger partial charge < -0.3 is 9.47 Å². The average molecular weight is 386 g/mol. The summed E-state index contributed by atoms with van der Waals surface area (Å²) in [6.45, 7) is 1.90. The summed E-state index contributed by atoms with van der Waals surface area (Å²) in [6, 6.07) is 9.80. The lowest BCUT2D eigenvalue weighted by Crippen LogP contribution is -2.13. The second-order valence-electron chi connectivity index (χ2n) is 4.61. The van der Waals surface area contributed by atoms with Crippen molar-refractivity contribution in [1.82, 2.24) is 0 Å². The van der Waals surface area contributed by atoms with Crippen LogP contribution in [0.2, 0.25) is 0 Å². The van der Waals surface area contributed by atoms with Crippen molar-refractivity contribution >= 4 is 31.6 Å². The fourth-order valence-electron chi connectivity index (χ4n) is 1.90. The summed E-state index contributed by atoms with van der Waals surface area (Å²) in [5, 5.41) is 0. The molecule has 0 bridgehead atoms. The molecule has 0 atom stereocenters. The molecule has 0 spiro atoms. The Morgan fingerprint density at radius 3 is 2.27 bits per heavy atom. The number of nitrogens with one attached hydrogen (secondary N) is 1. The molecule has 0 saturated carbocycles. The molecule has 0 aliphatic rings. The average Bonchev–Trinajstić information content (AvgIpc) is 2.48. The SMILES string of the molecule is COc1ccc(S(=O)(=O)Nc2ccc(C)cc2OC)cc1Br. The number of halogens is 1. The number of hydrogen-bond donors (Lipinski definition) is 1. The number of aryl methyl sites for hydroxylation is 1. The summed E-state index contributed by atoms with van der Waals surface area (Å²) >= 11 is 3.28. The minimum Gasteiger partial charge on any atom is -0.496 e. The van der Waals surface area contributed by atoms with E-state index in [0.717, 1.165) is 5.56 Å². The van der Waals surface area contributed by atoms with Gasteiger partial charge in [-0.1, -0.05) is 6.07 Å². The van der Waals surface area contributed by atoms with Gasteiger partial charge in [-0.2, -0.15) is 0 Å². The summed E-state index contributed by atoms with van der Waals surface area (Å²) in [5.74, 6) is 1.03. The van der Waals surface area contributed by atoms with E-state index < -0.39 is 10.0 Å². The third-order valence-electron chi connectivity index (χ3n) is 3.03. The molecule has 0 aliphatic carbocycles. The molecule has 22 heavy (non-hydrogen) atoms. The Bertz CT molecular complexity index is 790. The molecule has 2 rings (SSSR count). The lowest BCUT2D eigenvalue weighted by Gasteiger charge is -2.13. The molecule has 1 N–H and O–H groups in total. The van der Waals surface area contributed by atoms with Gasteiger partial charge in [0.15, 0.2) is 0 Å². The Labute approximate surface area is 138 Å². The molecule has 0 aliphatic heterocycles. The highest BCUT2D eigenvalue weighted by molar-refractivity contribution is 9.10. The zero-order chi connectivity index (χ0) is 16.3. The fraction of sp³-hybridized carbons (Fsp3) is 0.200. The molecule has 0 amide bonds. The quantitative estimate of drug-likeness (QED) is 0.853. The second kappa shape index (κ2) is 6.58. The third-order valence-corrected chi connectivity index (χ3v) is 5.02. The number of rotatable bonds is 5. The molecule has 2 aromatic carbocycles. The van der Waals surface area contributed by atoms with Crippen molar-refractivity contribution in [3.8, 4) is 11.5 Å². The summed E-state index contributed by atoms with van der Waals surface area (Å²) in [6.07, 6.45) is 0. The van der Waals surface area contributed by atoms with E-state index in [1.54, 1.807) is 18.2 Å². The van der Waals surface area contributed by atoms with Crippen LogP contribution in [0.3, 0.4) is 0 Å². The van der Waals surface area contributed by atoms with Crippen LogP contribution in [0.1, 0.15) is 5.56 Å². The van der Waals surface area contributed by atoms with Crippen LogP contribution in [-0.4, -0.2) is 22.6 Å². The van der Waals surface area contributed by atoms with Gasteiger partial charge in [-0.3, -0.25) is 4.72 Å². The molecule has 5 nitrogen and oxygen atoms in total. The van der Waals surface area contributed by atoms with Crippen LogP contribution >= 0.6 is 15.9 Å². The van der Waals surface area contributed by atoms with Crippen LogP contribution in [0, 0.1) is 6.92 Å². The minimum atomic E-state index is -3.72. The fourth-order valence-corrected chi connectivity index (χ4v) is 3.69. The van der Waals surface area contributed by atoms with E-state index in [1.807, 2.05) is 13.0 Å². The molecule has 0 aromatic heterocycles. The molecule has 0 unspecified atom stereocenters. The summed E-state index contributed by atoms with van der Waals surface area (Å²) in [7, 11) is -0.708.